The molecule has 0 radical (unpaired) electrons. The first-order valence-corrected chi connectivity index (χ1v) is 6.58. The molecule has 1 aliphatic heterocycles. The van der Waals surface area contributed by atoms with Crippen molar-refractivity contribution in [2.75, 3.05) is 11.4 Å². The van der Waals surface area contributed by atoms with E-state index in [0.717, 1.165) is 4.90 Å². The molecule has 5 nitrogen and oxygen atoms in total. The number of carbonyl (C=O) groups is 2. The van der Waals surface area contributed by atoms with E-state index in [4.69, 9.17) is 4.74 Å². The Morgan fingerprint density at radius 1 is 1.38 bits per heavy atom. The molecule has 1 N–H and O–H groups in total. The Morgan fingerprint density at radius 3 is 2.52 bits per heavy atom. The van der Waals surface area contributed by atoms with E-state index in [1.54, 1.807) is 27.7 Å². The highest BCUT2D eigenvalue weighted by molar-refractivity contribution is 5.97. The van der Waals surface area contributed by atoms with Crippen LogP contribution in [0.15, 0.2) is 18.2 Å². The molecule has 1 aromatic rings. The molecular weight excluding hydrogens is 277 g/mol. The van der Waals surface area contributed by atoms with Crippen LogP contribution in [0, 0.1) is 5.82 Å². The van der Waals surface area contributed by atoms with Crippen LogP contribution in [0.2, 0.25) is 0 Å². The highest BCUT2D eigenvalue weighted by Crippen LogP contribution is 2.42. The second-order valence-corrected chi connectivity index (χ2v) is 6.36. The van der Waals surface area contributed by atoms with Crippen molar-refractivity contribution in [1.82, 2.24) is 0 Å². The molecule has 6 heteroatoms. The van der Waals surface area contributed by atoms with Gasteiger partial charge in [-0.05, 0) is 51.5 Å². The minimum Gasteiger partial charge on any atom is -0.465 e. The van der Waals surface area contributed by atoms with Crippen LogP contribution in [0.4, 0.5) is 14.9 Å². The van der Waals surface area contributed by atoms with Gasteiger partial charge in [-0.15, -0.1) is 0 Å². The van der Waals surface area contributed by atoms with Crippen molar-refractivity contribution in [3.05, 3.63) is 29.6 Å². The third-order valence-electron chi connectivity index (χ3n) is 3.40. The highest BCUT2D eigenvalue weighted by Gasteiger charge is 2.49. The molecule has 0 saturated heterocycles. The quantitative estimate of drug-likeness (QED) is 0.809. The summed E-state index contributed by atoms with van der Waals surface area (Å²) in [6, 6.07) is 3.74. The average Bonchev–Trinajstić information content (AvgIpc) is 2.62. The van der Waals surface area contributed by atoms with Crippen molar-refractivity contribution in [2.45, 2.75) is 38.7 Å². The fourth-order valence-electron chi connectivity index (χ4n) is 2.41. The number of benzene rings is 1. The summed E-state index contributed by atoms with van der Waals surface area (Å²) >= 11 is 0. The summed E-state index contributed by atoms with van der Waals surface area (Å²) in [6.45, 7) is 6.66. The second kappa shape index (κ2) is 4.72. The first-order valence-electron chi connectivity index (χ1n) is 6.58. The fourth-order valence-corrected chi connectivity index (χ4v) is 2.41. The second-order valence-electron chi connectivity index (χ2n) is 6.36. The largest absolute Gasteiger partial charge is 0.465 e. The van der Waals surface area contributed by atoms with Gasteiger partial charge < -0.3 is 9.84 Å². The van der Waals surface area contributed by atoms with Crippen molar-refractivity contribution >= 4 is 17.7 Å². The normalized spacial score (nSPS) is 21.1. The van der Waals surface area contributed by atoms with E-state index in [9.17, 15) is 19.1 Å². The minimum absolute atomic E-state index is 0.0873. The van der Waals surface area contributed by atoms with Gasteiger partial charge in [0.1, 0.15) is 16.8 Å². The predicted octanol–water partition coefficient (Wildman–Crippen LogP) is 2.92. The molecule has 1 amide bonds. The van der Waals surface area contributed by atoms with Crippen LogP contribution < -0.4 is 4.90 Å². The summed E-state index contributed by atoms with van der Waals surface area (Å²) in [5, 5.41) is 9.26. The van der Waals surface area contributed by atoms with Crippen molar-refractivity contribution in [1.29, 1.82) is 0 Å². The topological polar surface area (TPSA) is 66.8 Å². The van der Waals surface area contributed by atoms with E-state index in [1.807, 2.05) is 0 Å². The smallest absolute Gasteiger partial charge is 0.411 e. The number of anilines is 1. The average molecular weight is 295 g/mol. The Balaban J connectivity index is 2.49. The lowest BCUT2D eigenvalue weighted by atomic mass is 9.84. The van der Waals surface area contributed by atoms with Gasteiger partial charge in [-0.2, -0.15) is 0 Å². The van der Waals surface area contributed by atoms with E-state index in [2.05, 4.69) is 0 Å². The van der Waals surface area contributed by atoms with Crippen molar-refractivity contribution in [2.24, 2.45) is 0 Å². The Hall–Kier alpha value is -2.11. The lowest BCUT2D eigenvalue weighted by molar-refractivity contribution is -0.160. The number of carboxylic acid groups (broad SMARTS) is 1. The first kappa shape index (κ1) is 15.3. The van der Waals surface area contributed by atoms with Gasteiger partial charge in [0.25, 0.3) is 0 Å². The zero-order valence-corrected chi connectivity index (χ0v) is 12.4. The van der Waals surface area contributed by atoms with Crippen molar-refractivity contribution in [3.8, 4) is 0 Å². The van der Waals surface area contributed by atoms with Gasteiger partial charge in [-0.25, -0.2) is 9.18 Å². The first-order chi connectivity index (χ1) is 9.54. The fraction of sp³-hybridized carbons (Fsp3) is 0.467. The van der Waals surface area contributed by atoms with E-state index >= 15 is 0 Å². The zero-order chi connectivity index (χ0) is 16.0. The molecule has 0 aromatic heterocycles. The number of fused-ring (bicyclic) bond motifs is 1. The van der Waals surface area contributed by atoms with Crippen LogP contribution in [0.1, 0.15) is 33.3 Å². The number of hydrogen-bond acceptors (Lipinski definition) is 3. The van der Waals surface area contributed by atoms with Gasteiger partial charge in [0.15, 0.2) is 0 Å². The number of hydrogen-bond donors (Lipinski definition) is 1. The lowest BCUT2D eigenvalue weighted by Crippen LogP contribution is -2.43. The summed E-state index contributed by atoms with van der Waals surface area (Å²) in [6.07, 6.45) is -1.19. The number of amides is 1. The molecule has 1 aromatic carbocycles. The maximum Gasteiger partial charge on any atom is 0.411 e. The third-order valence-corrected chi connectivity index (χ3v) is 3.40. The Morgan fingerprint density at radius 2 is 2.00 bits per heavy atom. The van der Waals surface area contributed by atoms with Crippen LogP contribution in [0.25, 0.3) is 0 Å². The Labute approximate surface area is 122 Å². The minimum atomic E-state index is -1.22. The van der Waals surface area contributed by atoms with Gasteiger partial charge in [0.2, 0.25) is 0 Å². The molecule has 2 rings (SSSR count). The monoisotopic (exact) mass is 295 g/mol. The number of rotatable bonds is 1. The standard InChI is InChI=1S/C15H18FNO4/c1-14(2,3)21-12(18)15(4)8-17(13(19)20)11-6-5-9(16)7-10(11)15/h5-7H,8H2,1-4H3,(H,19,20). The van der Waals surface area contributed by atoms with E-state index in [1.165, 1.54) is 18.2 Å². The van der Waals surface area contributed by atoms with Crippen LogP contribution in [0.3, 0.4) is 0 Å². The molecule has 0 aliphatic carbocycles. The van der Waals surface area contributed by atoms with Crippen LogP contribution in [0.5, 0.6) is 0 Å². The number of halogens is 1. The Kier molecular flexibility index (Phi) is 3.43. The summed E-state index contributed by atoms with van der Waals surface area (Å²) < 4.78 is 18.9. The number of carbonyl (C=O) groups excluding carboxylic acids is 1. The Bertz CT molecular complexity index is 608. The maximum absolute atomic E-state index is 13.5. The molecule has 1 heterocycles. The van der Waals surface area contributed by atoms with Gasteiger partial charge in [0.05, 0.1) is 5.69 Å². The van der Waals surface area contributed by atoms with Gasteiger partial charge in [-0.3, -0.25) is 9.69 Å². The van der Waals surface area contributed by atoms with Gasteiger partial charge in [0, 0.05) is 6.54 Å². The van der Waals surface area contributed by atoms with Crippen molar-refractivity contribution < 1.29 is 23.8 Å². The summed E-state index contributed by atoms with van der Waals surface area (Å²) in [7, 11) is 0. The SMILES string of the molecule is CC(C)(C)OC(=O)C1(C)CN(C(=O)O)c2ccc(F)cc21. The molecule has 0 saturated carbocycles. The summed E-state index contributed by atoms with van der Waals surface area (Å²) in [5.41, 5.74) is -1.27. The summed E-state index contributed by atoms with van der Waals surface area (Å²) in [4.78, 5) is 24.8. The number of esters is 1. The molecule has 0 fully saturated rings. The van der Waals surface area contributed by atoms with Gasteiger partial charge >= 0.3 is 12.1 Å². The van der Waals surface area contributed by atoms with Crippen molar-refractivity contribution in [3.63, 3.8) is 0 Å². The molecule has 1 unspecified atom stereocenters. The van der Waals surface area contributed by atoms with E-state index in [-0.39, 0.29) is 6.54 Å². The molecule has 0 spiro atoms. The zero-order valence-electron chi connectivity index (χ0n) is 12.4. The maximum atomic E-state index is 13.5. The number of nitrogens with zero attached hydrogens (tertiary/aromatic N) is 1. The molecule has 21 heavy (non-hydrogen) atoms. The van der Waals surface area contributed by atoms with Crippen LogP contribution in [-0.2, 0) is 14.9 Å². The van der Waals surface area contributed by atoms with Crippen LogP contribution in [-0.4, -0.2) is 29.3 Å². The summed E-state index contributed by atoms with van der Waals surface area (Å²) in [5.74, 6) is -1.08. The van der Waals surface area contributed by atoms with E-state index < -0.39 is 28.9 Å². The molecule has 0 bridgehead atoms. The van der Waals surface area contributed by atoms with E-state index in [0.29, 0.717) is 11.3 Å². The van der Waals surface area contributed by atoms with Crippen LogP contribution >= 0.6 is 0 Å². The molecule has 114 valence electrons. The predicted molar refractivity (Wildman–Crippen MR) is 75.0 cm³/mol. The number of ether oxygens (including phenoxy) is 1. The van der Waals surface area contributed by atoms with Gasteiger partial charge in [-0.1, -0.05) is 0 Å². The lowest BCUT2D eigenvalue weighted by Gasteiger charge is -2.28. The molecular formula is C15H18FNO4. The highest BCUT2D eigenvalue weighted by atomic mass is 19.1. The third kappa shape index (κ3) is 2.70. The molecule has 1 atom stereocenters. The molecule has 1 aliphatic rings.